The molecule has 10 atom stereocenters. The van der Waals surface area contributed by atoms with E-state index < -0.39 is 0 Å². The second-order valence-electron chi connectivity index (χ2n) is 18.3. The van der Waals surface area contributed by atoms with Crippen LogP contribution in [0.4, 0.5) is 0 Å². The van der Waals surface area contributed by atoms with Gasteiger partial charge < -0.3 is 0 Å². The Morgan fingerprint density at radius 1 is 0.262 bits per heavy atom. The zero-order valence-corrected chi connectivity index (χ0v) is 31.5. The average molecular weight is 585 g/mol. The van der Waals surface area contributed by atoms with Gasteiger partial charge in [0.15, 0.2) is 0 Å². The van der Waals surface area contributed by atoms with Crippen molar-refractivity contribution in [3.05, 3.63) is 0 Å². The quantitative estimate of drug-likeness (QED) is 0.291. The number of rotatable bonds is 6. The second kappa shape index (κ2) is 16.0. The van der Waals surface area contributed by atoms with Crippen molar-refractivity contribution in [2.75, 3.05) is 0 Å². The first-order valence-electron chi connectivity index (χ1n) is 19.8. The van der Waals surface area contributed by atoms with Crippen LogP contribution in [0.1, 0.15) is 161 Å². The van der Waals surface area contributed by atoms with Crippen LogP contribution in [0.25, 0.3) is 0 Å². The summed E-state index contributed by atoms with van der Waals surface area (Å²) in [6, 6.07) is 0. The van der Waals surface area contributed by atoms with E-state index in [1.54, 1.807) is 12.8 Å². The molecule has 0 aliphatic heterocycles. The highest BCUT2D eigenvalue weighted by molar-refractivity contribution is 4.99. The van der Waals surface area contributed by atoms with Crippen molar-refractivity contribution in [1.82, 2.24) is 0 Å². The molecule has 0 radical (unpaired) electrons. The van der Waals surface area contributed by atoms with Gasteiger partial charge in [-0.3, -0.25) is 0 Å². The molecule has 0 heteroatoms. The lowest BCUT2D eigenvalue weighted by Crippen LogP contribution is -2.44. The highest BCUT2D eigenvalue weighted by atomic mass is 14.6. The Balaban J connectivity index is 0.000000168. The van der Waals surface area contributed by atoms with E-state index >= 15 is 0 Å². The zero-order valence-electron chi connectivity index (χ0n) is 31.5. The van der Waals surface area contributed by atoms with E-state index in [9.17, 15) is 0 Å². The average Bonchev–Trinajstić information content (AvgIpc) is 3.75. The summed E-state index contributed by atoms with van der Waals surface area (Å²) < 4.78 is 0. The Morgan fingerprint density at radius 2 is 0.405 bits per heavy atom. The predicted octanol–water partition coefficient (Wildman–Crippen LogP) is 13.3. The summed E-state index contributed by atoms with van der Waals surface area (Å²) in [6.45, 7) is 33.2. The van der Waals surface area contributed by atoms with Crippen LogP contribution in [0.5, 0.6) is 0 Å². The monoisotopic (exact) mass is 585 g/mol. The first-order valence-corrected chi connectivity index (χ1v) is 19.8. The highest BCUT2D eigenvalue weighted by Gasteiger charge is 2.50. The van der Waals surface area contributed by atoms with E-state index in [-0.39, 0.29) is 0 Å². The first kappa shape index (κ1) is 36.5. The van der Waals surface area contributed by atoms with Crippen LogP contribution < -0.4 is 0 Å². The van der Waals surface area contributed by atoms with Crippen molar-refractivity contribution in [2.24, 2.45) is 107 Å². The standard InChI is InChI=1S/C14H26.2C13H24.C2H6/c1-9(2)13-11-5-7-12(8-6-11)14(13)10(3)4;2*1-8(2)12-10-5-6-11(7-10)13(12)9(3)4;1-2/h9-14H,5-8H2,1-4H3;2*8-13H,5-7H2,1-4H3;1-2H3. The van der Waals surface area contributed by atoms with Gasteiger partial charge in [0.25, 0.3) is 0 Å². The molecule has 7 aliphatic rings. The SMILES string of the molecule is CC.CC(C)C1C2CCC(C2)C1C(C)C.CC(C)C1C2CCC(C2)C1C(C)C.CC(C)C1C2CCC(CC2)C1C(C)C. The summed E-state index contributed by atoms with van der Waals surface area (Å²) in [7, 11) is 0. The summed E-state index contributed by atoms with van der Waals surface area (Å²) in [5, 5.41) is 0. The molecule has 0 spiro atoms. The van der Waals surface area contributed by atoms with E-state index in [1.807, 2.05) is 13.8 Å². The molecular formula is C42H80. The molecule has 0 aromatic heterocycles. The number of hydrogen-bond donors (Lipinski definition) is 0. The molecule has 6 bridgehead atoms. The summed E-state index contributed by atoms with van der Waals surface area (Å²) >= 11 is 0. The molecule has 10 unspecified atom stereocenters. The smallest absolute Gasteiger partial charge is 0.0329 e. The largest absolute Gasteiger partial charge is 0.0683 e. The Bertz CT molecular complexity index is 644. The lowest BCUT2D eigenvalue weighted by atomic mass is 9.53. The summed E-state index contributed by atoms with van der Waals surface area (Å²) in [4.78, 5) is 0. The fourth-order valence-corrected chi connectivity index (χ4v) is 13.2. The van der Waals surface area contributed by atoms with Crippen molar-refractivity contribution in [1.29, 1.82) is 0 Å². The lowest BCUT2D eigenvalue weighted by molar-refractivity contribution is -0.0278. The van der Waals surface area contributed by atoms with Gasteiger partial charge in [-0.25, -0.2) is 0 Å². The number of hydrogen-bond acceptors (Lipinski definition) is 0. The van der Waals surface area contributed by atoms with E-state index in [0.717, 1.165) is 107 Å². The lowest BCUT2D eigenvalue weighted by Gasteiger charge is -2.52. The number of fused-ring (bicyclic) bond motifs is 7. The molecule has 0 aromatic rings. The second-order valence-corrected chi connectivity index (χ2v) is 18.3. The molecule has 0 heterocycles. The Morgan fingerprint density at radius 3 is 0.571 bits per heavy atom. The van der Waals surface area contributed by atoms with Gasteiger partial charge in [0.2, 0.25) is 0 Å². The van der Waals surface area contributed by atoms with Crippen LogP contribution in [0.15, 0.2) is 0 Å². The van der Waals surface area contributed by atoms with E-state index in [2.05, 4.69) is 83.1 Å². The molecule has 0 aromatic carbocycles. The third kappa shape index (κ3) is 7.86. The molecule has 0 nitrogen and oxygen atoms in total. The fraction of sp³-hybridized carbons (Fsp3) is 1.00. The molecule has 0 N–H and O–H groups in total. The molecule has 248 valence electrons. The maximum absolute atomic E-state index is 2.45. The van der Waals surface area contributed by atoms with Gasteiger partial charge in [-0.15, -0.1) is 0 Å². The van der Waals surface area contributed by atoms with E-state index in [0.29, 0.717) is 0 Å². The van der Waals surface area contributed by atoms with Crippen molar-refractivity contribution < 1.29 is 0 Å². The Labute approximate surface area is 267 Å². The van der Waals surface area contributed by atoms with Crippen molar-refractivity contribution in [3.8, 4) is 0 Å². The van der Waals surface area contributed by atoms with Crippen LogP contribution in [0.3, 0.4) is 0 Å². The predicted molar refractivity (Wildman–Crippen MR) is 188 cm³/mol. The van der Waals surface area contributed by atoms with Gasteiger partial charge >= 0.3 is 0 Å². The van der Waals surface area contributed by atoms with Gasteiger partial charge in [0, 0.05) is 0 Å². The molecule has 7 aliphatic carbocycles. The van der Waals surface area contributed by atoms with Crippen LogP contribution in [0, 0.1) is 107 Å². The summed E-state index contributed by atoms with van der Waals surface area (Å²) in [5.74, 6) is 18.3. The van der Waals surface area contributed by atoms with Crippen LogP contribution in [0.2, 0.25) is 0 Å². The molecule has 7 rings (SSSR count). The summed E-state index contributed by atoms with van der Waals surface area (Å²) in [6.07, 6.45) is 15.4. The van der Waals surface area contributed by atoms with Crippen molar-refractivity contribution in [2.45, 2.75) is 161 Å². The molecular weight excluding hydrogens is 504 g/mol. The fourth-order valence-electron chi connectivity index (χ4n) is 13.2. The third-order valence-corrected chi connectivity index (χ3v) is 14.1. The minimum Gasteiger partial charge on any atom is -0.0683 e. The highest BCUT2D eigenvalue weighted by Crippen LogP contribution is 2.58. The van der Waals surface area contributed by atoms with Gasteiger partial charge in [-0.05, 0) is 171 Å². The Kier molecular flexibility index (Phi) is 13.9. The Hall–Kier alpha value is 0. The van der Waals surface area contributed by atoms with Gasteiger partial charge in [-0.1, -0.05) is 96.9 Å². The molecule has 42 heavy (non-hydrogen) atoms. The summed E-state index contributed by atoms with van der Waals surface area (Å²) in [5.41, 5.74) is 0. The topological polar surface area (TPSA) is 0 Å². The normalized spacial score (nSPS) is 41.4. The van der Waals surface area contributed by atoms with Gasteiger partial charge in [0.1, 0.15) is 0 Å². The molecule has 7 saturated carbocycles. The molecule has 7 fully saturated rings. The van der Waals surface area contributed by atoms with Gasteiger partial charge in [-0.2, -0.15) is 0 Å². The zero-order chi connectivity index (χ0) is 31.5. The maximum Gasteiger partial charge on any atom is -0.0329 e. The molecule has 0 amide bonds. The van der Waals surface area contributed by atoms with Crippen molar-refractivity contribution in [3.63, 3.8) is 0 Å². The van der Waals surface area contributed by atoms with E-state index in [4.69, 9.17) is 0 Å². The minimum absolute atomic E-state index is 0.912. The van der Waals surface area contributed by atoms with Crippen LogP contribution in [-0.2, 0) is 0 Å². The van der Waals surface area contributed by atoms with Crippen LogP contribution >= 0.6 is 0 Å². The van der Waals surface area contributed by atoms with Gasteiger partial charge in [0.05, 0.1) is 0 Å². The van der Waals surface area contributed by atoms with Crippen molar-refractivity contribution >= 4 is 0 Å². The van der Waals surface area contributed by atoms with Crippen LogP contribution in [-0.4, -0.2) is 0 Å². The van der Waals surface area contributed by atoms with E-state index in [1.165, 1.54) is 51.4 Å². The molecule has 0 saturated heterocycles. The maximum atomic E-state index is 2.45. The first-order chi connectivity index (χ1) is 19.8. The third-order valence-electron chi connectivity index (χ3n) is 14.1. The minimum atomic E-state index is 0.912.